The second-order valence-electron chi connectivity index (χ2n) is 16.9. The number of aliphatic hydroxyl groups excluding tert-OH is 2. The van der Waals surface area contributed by atoms with E-state index in [0.29, 0.717) is 32.1 Å². The fourth-order valence-electron chi connectivity index (χ4n) is 13.5. The van der Waals surface area contributed by atoms with Crippen LogP contribution in [0.4, 0.5) is 0 Å². The molecule has 4 saturated heterocycles. The zero-order chi connectivity index (χ0) is 32.1. The SMILES string of the molecule is CC1(C)O[C@H]2[C@@]3(CC[C@H](CO)C3)C(=O)OC[C@@]23[C@@H]1C(=O)[C@@H](O)[C@]1(C2CCCCC2)[C@@H]3CC[C@@]2(C)[C@H](c3ccoc3)OC(=O)[C@H]3O[C@@]312. The second-order valence-corrected chi connectivity index (χ2v) is 16.9. The molecule has 8 aliphatic rings. The quantitative estimate of drug-likeness (QED) is 0.367. The summed E-state index contributed by atoms with van der Waals surface area (Å²) in [5.41, 5.74) is -5.18. The van der Waals surface area contributed by atoms with Gasteiger partial charge in [0, 0.05) is 28.4 Å². The van der Waals surface area contributed by atoms with Gasteiger partial charge in [0.15, 0.2) is 11.9 Å². The molecule has 46 heavy (non-hydrogen) atoms. The third-order valence-corrected chi connectivity index (χ3v) is 14.9. The molecule has 0 bridgehead atoms. The maximum Gasteiger partial charge on any atom is 0.339 e. The Bertz CT molecular complexity index is 1480. The lowest BCUT2D eigenvalue weighted by Crippen LogP contribution is -2.79. The molecule has 4 aliphatic carbocycles. The number of rotatable bonds is 3. The Kier molecular flexibility index (Phi) is 5.99. The molecule has 3 spiro atoms. The van der Waals surface area contributed by atoms with E-state index in [1.54, 1.807) is 12.5 Å². The molecule has 4 aliphatic heterocycles. The lowest BCUT2D eigenvalue weighted by Gasteiger charge is -2.70. The molecule has 5 heterocycles. The van der Waals surface area contributed by atoms with Gasteiger partial charge in [-0.25, -0.2) is 4.79 Å². The lowest BCUT2D eigenvalue weighted by molar-refractivity contribution is -0.284. The molecule has 2 N–H and O–H groups in total. The Balaban J connectivity index is 1.30. The Labute approximate surface area is 268 Å². The van der Waals surface area contributed by atoms with Gasteiger partial charge in [-0.1, -0.05) is 26.2 Å². The van der Waals surface area contributed by atoms with Gasteiger partial charge >= 0.3 is 11.9 Å². The van der Waals surface area contributed by atoms with Crippen LogP contribution in [0.3, 0.4) is 0 Å². The van der Waals surface area contributed by atoms with Crippen molar-refractivity contribution in [3.63, 3.8) is 0 Å². The largest absolute Gasteiger partial charge is 0.472 e. The van der Waals surface area contributed by atoms with Gasteiger partial charge < -0.3 is 33.6 Å². The molecular weight excluding hydrogens is 592 g/mol. The van der Waals surface area contributed by atoms with Gasteiger partial charge in [0.2, 0.25) is 0 Å². The van der Waals surface area contributed by atoms with Gasteiger partial charge in [-0.2, -0.15) is 0 Å². The summed E-state index contributed by atoms with van der Waals surface area (Å²) in [5, 5.41) is 23.1. The van der Waals surface area contributed by atoms with Crippen molar-refractivity contribution in [3.8, 4) is 0 Å². The normalized spacial score (nSPS) is 52.2. The van der Waals surface area contributed by atoms with Crippen LogP contribution < -0.4 is 0 Å². The summed E-state index contributed by atoms with van der Waals surface area (Å²) in [7, 11) is 0. The summed E-state index contributed by atoms with van der Waals surface area (Å²) in [6.07, 6.45) is 7.11. The smallest absolute Gasteiger partial charge is 0.339 e. The number of cyclic esters (lactones) is 2. The number of ketones is 1. The number of hydrogen-bond acceptors (Lipinski definition) is 10. The summed E-state index contributed by atoms with van der Waals surface area (Å²) in [6, 6.07) is 1.82. The summed E-state index contributed by atoms with van der Waals surface area (Å²) < 4.78 is 31.7. The summed E-state index contributed by atoms with van der Waals surface area (Å²) in [5.74, 6) is -2.24. The predicted octanol–water partition coefficient (Wildman–Crippen LogP) is 4.06. The number of aliphatic hydroxyl groups is 2. The number of Topliss-reactive ketones (excluding diaryl/α,β-unsaturated/α-hetero) is 1. The van der Waals surface area contributed by atoms with E-state index in [1.165, 1.54) is 0 Å². The molecule has 0 radical (unpaired) electrons. The molecule has 0 amide bonds. The highest BCUT2D eigenvalue weighted by atomic mass is 16.7. The minimum atomic E-state index is -1.39. The number of ether oxygens (including phenoxy) is 4. The maximum atomic E-state index is 15.2. The van der Waals surface area contributed by atoms with Crippen LogP contribution in [-0.2, 0) is 33.3 Å². The number of furan rings is 1. The summed E-state index contributed by atoms with van der Waals surface area (Å²) in [6.45, 7) is 5.95. The molecule has 4 saturated carbocycles. The van der Waals surface area contributed by atoms with Gasteiger partial charge in [0.1, 0.15) is 24.4 Å². The first kappa shape index (κ1) is 29.8. The molecule has 1 aromatic rings. The third kappa shape index (κ3) is 3.09. The van der Waals surface area contributed by atoms with Gasteiger partial charge in [0.05, 0.1) is 35.6 Å². The van der Waals surface area contributed by atoms with E-state index < -0.39 is 69.2 Å². The second kappa shape index (κ2) is 9.24. The van der Waals surface area contributed by atoms with Gasteiger partial charge in [0.25, 0.3) is 0 Å². The minimum Gasteiger partial charge on any atom is -0.472 e. The standard InChI is InChI=1S/C36H46O10/c1-31(2)24-23(38)25(39)35(21-7-5-4-6-8-21)22(34(24)18-43-30(41)33(29(34)46-31)13-9-19(15-33)16-37)10-12-32(3)26(20-11-14-42-17-20)44-28(40)27-36(32,35)45-27/h11,14,17,19,21-22,24-27,29,37,39H,4-10,12-13,15-16,18H2,1-3H3/t19-,22+,24+,25+,26-,27+,29-,32-,33-,34+,35-,36+/m0/s1. The first-order valence-electron chi connectivity index (χ1n) is 17.5. The molecule has 250 valence electrons. The Morgan fingerprint density at radius 1 is 0.957 bits per heavy atom. The molecule has 12 atom stereocenters. The van der Waals surface area contributed by atoms with Crippen molar-refractivity contribution in [2.24, 2.45) is 45.3 Å². The maximum absolute atomic E-state index is 15.2. The van der Waals surface area contributed by atoms with Crippen LogP contribution in [0.15, 0.2) is 23.0 Å². The van der Waals surface area contributed by atoms with E-state index in [9.17, 15) is 19.8 Å². The zero-order valence-corrected chi connectivity index (χ0v) is 27.0. The van der Waals surface area contributed by atoms with Crippen molar-refractivity contribution < 1.29 is 48.0 Å². The zero-order valence-electron chi connectivity index (χ0n) is 27.0. The number of hydrogen-bond donors (Lipinski definition) is 2. The first-order chi connectivity index (χ1) is 22.0. The van der Waals surface area contributed by atoms with Crippen LogP contribution in [0.1, 0.15) is 96.6 Å². The van der Waals surface area contributed by atoms with Crippen LogP contribution in [0.5, 0.6) is 0 Å². The molecular formula is C36H46O10. The molecule has 9 rings (SSSR count). The van der Waals surface area contributed by atoms with E-state index in [0.717, 1.165) is 37.7 Å². The van der Waals surface area contributed by atoms with Crippen molar-refractivity contribution in [2.45, 2.75) is 121 Å². The van der Waals surface area contributed by atoms with Crippen LogP contribution in [0, 0.1) is 45.3 Å². The van der Waals surface area contributed by atoms with Crippen molar-refractivity contribution >= 4 is 17.7 Å². The minimum absolute atomic E-state index is 0.0246. The van der Waals surface area contributed by atoms with Crippen LogP contribution in [0.2, 0.25) is 0 Å². The topological polar surface area (TPSA) is 145 Å². The summed E-state index contributed by atoms with van der Waals surface area (Å²) in [4.78, 5) is 43.0. The molecule has 8 fully saturated rings. The predicted molar refractivity (Wildman–Crippen MR) is 159 cm³/mol. The monoisotopic (exact) mass is 638 g/mol. The highest BCUT2D eigenvalue weighted by Gasteiger charge is 2.93. The number of fused-ring (bicyclic) bond motifs is 2. The lowest BCUT2D eigenvalue weighted by atomic mass is 9.32. The van der Waals surface area contributed by atoms with Crippen LogP contribution in [0.25, 0.3) is 0 Å². The molecule has 0 unspecified atom stereocenters. The highest BCUT2D eigenvalue weighted by molar-refractivity contribution is 5.92. The number of carbonyl (C=O) groups is 3. The van der Waals surface area contributed by atoms with Crippen molar-refractivity contribution in [1.29, 1.82) is 0 Å². The fraction of sp³-hybridized carbons (Fsp3) is 0.806. The van der Waals surface area contributed by atoms with E-state index in [2.05, 4.69) is 6.92 Å². The Hall–Kier alpha value is -2.27. The molecule has 10 heteroatoms. The van der Waals surface area contributed by atoms with Crippen molar-refractivity contribution in [3.05, 3.63) is 24.2 Å². The van der Waals surface area contributed by atoms with E-state index in [1.807, 2.05) is 19.9 Å². The average Bonchev–Trinajstić information content (AvgIpc) is 3.33. The van der Waals surface area contributed by atoms with Crippen molar-refractivity contribution in [1.82, 2.24) is 0 Å². The van der Waals surface area contributed by atoms with Gasteiger partial charge in [-0.15, -0.1) is 0 Å². The van der Waals surface area contributed by atoms with Gasteiger partial charge in [-0.3, -0.25) is 9.59 Å². The Morgan fingerprint density at radius 2 is 1.74 bits per heavy atom. The van der Waals surface area contributed by atoms with E-state index in [4.69, 9.17) is 23.4 Å². The van der Waals surface area contributed by atoms with Gasteiger partial charge in [-0.05, 0) is 82.6 Å². The number of esters is 2. The van der Waals surface area contributed by atoms with Crippen LogP contribution in [-0.4, -0.2) is 70.7 Å². The summed E-state index contributed by atoms with van der Waals surface area (Å²) >= 11 is 0. The first-order valence-corrected chi connectivity index (χ1v) is 17.5. The number of epoxide rings is 1. The molecule has 0 aromatic carbocycles. The molecule has 1 aromatic heterocycles. The Morgan fingerprint density at radius 3 is 2.43 bits per heavy atom. The molecule has 10 nitrogen and oxygen atoms in total. The van der Waals surface area contributed by atoms with E-state index >= 15 is 4.79 Å². The third-order valence-electron chi connectivity index (χ3n) is 14.9. The average molecular weight is 639 g/mol. The van der Waals surface area contributed by atoms with E-state index in [-0.39, 0.29) is 42.7 Å². The van der Waals surface area contributed by atoms with Crippen LogP contribution >= 0.6 is 0 Å². The van der Waals surface area contributed by atoms with Crippen molar-refractivity contribution in [2.75, 3.05) is 13.2 Å². The fourth-order valence-corrected chi connectivity index (χ4v) is 13.5. The highest BCUT2D eigenvalue weighted by Crippen LogP contribution is 2.83. The number of carbonyl (C=O) groups excluding carboxylic acids is 3.